The normalized spacial score (nSPS) is 11.3. The summed E-state index contributed by atoms with van der Waals surface area (Å²) in [5, 5.41) is 1.28. The van der Waals surface area contributed by atoms with Crippen molar-refractivity contribution in [3.63, 3.8) is 0 Å². The SMILES string of the molecule is Nc1cc(-c2cc(F)ccc2Oc2cc(F)c(S(=O)(=O)Nc3cscn3)cc2Cl)ccn1. The van der Waals surface area contributed by atoms with Crippen molar-refractivity contribution in [1.82, 2.24) is 9.97 Å². The third kappa shape index (κ3) is 4.64. The lowest BCUT2D eigenvalue weighted by Crippen LogP contribution is -2.15. The largest absolute Gasteiger partial charge is 0.455 e. The molecule has 7 nitrogen and oxygen atoms in total. The third-order valence-electron chi connectivity index (χ3n) is 4.20. The fourth-order valence-electron chi connectivity index (χ4n) is 2.80. The molecule has 0 saturated heterocycles. The first-order valence-electron chi connectivity index (χ1n) is 8.82. The highest BCUT2D eigenvalue weighted by Crippen LogP contribution is 2.38. The summed E-state index contributed by atoms with van der Waals surface area (Å²) in [5.74, 6) is -1.37. The van der Waals surface area contributed by atoms with Crippen LogP contribution in [0.15, 0.2) is 64.4 Å². The predicted molar refractivity (Wildman–Crippen MR) is 118 cm³/mol. The van der Waals surface area contributed by atoms with Gasteiger partial charge in [-0.1, -0.05) is 11.6 Å². The number of rotatable bonds is 6. The van der Waals surface area contributed by atoms with E-state index in [0.29, 0.717) is 11.1 Å². The Labute approximate surface area is 190 Å². The molecule has 2 aromatic carbocycles. The van der Waals surface area contributed by atoms with E-state index in [1.807, 2.05) is 0 Å². The van der Waals surface area contributed by atoms with Crippen molar-refractivity contribution in [2.75, 3.05) is 10.5 Å². The Morgan fingerprint density at radius 2 is 1.88 bits per heavy atom. The number of nitrogens with two attached hydrogens (primary N) is 1. The van der Waals surface area contributed by atoms with Crippen molar-refractivity contribution >= 4 is 44.6 Å². The fourth-order valence-corrected chi connectivity index (χ4v) is 4.71. The first kappa shape index (κ1) is 21.9. The van der Waals surface area contributed by atoms with E-state index in [1.165, 1.54) is 46.6 Å². The number of hydrogen-bond donors (Lipinski definition) is 2. The van der Waals surface area contributed by atoms with Crippen molar-refractivity contribution < 1.29 is 21.9 Å². The number of anilines is 2. The van der Waals surface area contributed by atoms with E-state index in [0.717, 1.165) is 18.2 Å². The second-order valence-corrected chi connectivity index (χ2v) is 9.18. The van der Waals surface area contributed by atoms with Crippen LogP contribution in [0, 0.1) is 11.6 Å². The molecule has 0 spiro atoms. The molecule has 0 aliphatic carbocycles. The average molecular weight is 495 g/mol. The van der Waals surface area contributed by atoms with Crippen molar-refractivity contribution in [3.8, 4) is 22.6 Å². The van der Waals surface area contributed by atoms with Gasteiger partial charge in [0, 0.05) is 23.2 Å². The summed E-state index contributed by atoms with van der Waals surface area (Å²) >= 11 is 7.36. The lowest BCUT2D eigenvalue weighted by molar-refractivity contribution is 0.473. The molecule has 0 aliphatic rings. The molecule has 32 heavy (non-hydrogen) atoms. The van der Waals surface area contributed by atoms with Crippen molar-refractivity contribution in [2.45, 2.75) is 4.90 Å². The van der Waals surface area contributed by atoms with Crippen LogP contribution in [-0.2, 0) is 10.0 Å². The number of halogens is 3. The van der Waals surface area contributed by atoms with E-state index in [2.05, 4.69) is 14.7 Å². The molecule has 3 N–H and O–H groups in total. The number of pyridine rings is 1. The van der Waals surface area contributed by atoms with Crippen LogP contribution in [0.25, 0.3) is 11.1 Å². The molecule has 4 aromatic rings. The second kappa shape index (κ2) is 8.69. The molecule has 0 radical (unpaired) electrons. The van der Waals surface area contributed by atoms with Gasteiger partial charge in [-0.3, -0.25) is 4.72 Å². The van der Waals surface area contributed by atoms with Gasteiger partial charge in [-0.25, -0.2) is 27.2 Å². The van der Waals surface area contributed by atoms with Crippen molar-refractivity contribution in [1.29, 1.82) is 0 Å². The zero-order valence-corrected chi connectivity index (χ0v) is 18.3. The number of ether oxygens (including phenoxy) is 1. The van der Waals surface area contributed by atoms with Crippen LogP contribution < -0.4 is 15.2 Å². The Morgan fingerprint density at radius 3 is 2.59 bits per heavy atom. The number of hydrogen-bond acceptors (Lipinski definition) is 7. The smallest absolute Gasteiger partial charge is 0.266 e. The zero-order valence-electron chi connectivity index (χ0n) is 15.9. The maximum absolute atomic E-state index is 14.7. The highest BCUT2D eigenvalue weighted by molar-refractivity contribution is 7.92. The Kier molecular flexibility index (Phi) is 5.96. The summed E-state index contributed by atoms with van der Waals surface area (Å²) in [4.78, 5) is 7.02. The second-order valence-electron chi connectivity index (χ2n) is 6.40. The third-order valence-corrected chi connectivity index (χ3v) is 6.45. The maximum Gasteiger partial charge on any atom is 0.266 e. The van der Waals surface area contributed by atoms with E-state index >= 15 is 0 Å². The maximum atomic E-state index is 14.7. The van der Waals surface area contributed by atoms with Gasteiger partial charge >= 0.3 is 0 Å². The number of aromatic nitrogens is 2. The minimum Gasteiger partial charge on any atom is -0.455 e. The number of nitrogen functional groups attached to an aromatic ring is 1. The Balaban J connectivity index is 1.70. The average Bonchev–Trinajstić information content (AvgIpc) is 3.24. The minimum atomic E-state index is -4.28. The molecular formula is C20H13ClF2N4O3S2. The van der Waals surface area contributed by atoms with Gasteiger partial charge in [-0.15, -0.1) is 11.3 Å². The lowest BCUT2D eigenvalue weighted by atomic mass is 10.1. The molecule has 0 fully saturated rings. The van der Waals surface area contributed by atoms with Gasteiger partial charge in [0.1, 0.15) is 33.8 Å². The summed E-state index contributed by atoms with van der Waals surface area (Å²) in [6.07, 6.45) is 1.45. The molecule has 12 heteroatoms. The summed E-state index contributed by atoms with van der Waals surface area (Å²) in [6, 6.07) is 8.59. The van der Waals surface area contributed by atoms with E-state index in [1.54, 1.807) is 6.07 Å². The summed E-state index contributed by atoms with van der Waals surface area (Å²) in [7, 11) is -4.28. The van der Waals surface area contributed by atoms with Crippen LogP contribution in [0.2, 0.25) is 5.02 Å². The quantitative estimate of drug-likeness (QED) is 0.376. The number of nitrogens with one attached hydrogen (secondary N) is 1. The summed E-state index contributed by atoms with van der Waals surface area (Å²) in [6.45, 7) is 0. The zero-order chi connectivity index (χ0) is 22.9. The molecule has 0 amide bonds. The van der Waals surface area contributed by atoms with Crippen LogP contribution in [0.1, 0.15) is 0 Å². The molecule has 0 saturated carbocycles. The number of benzene rings is 2. The Hall–Kier alpha value is -3.28. The standard InChI is InChI=1S/C20H13ClF2N4O3S2/c21-14-7-18(32(28,29)27-20-9-31-10-26-20)15(23)8-17(14)30-16-2-1-12(22)6-13(16)11-3-4-25-19(24)5-11/h1-10,27H,(H2,24,25). The minimum absolute atomic E-state index is 0.0541. The van der Waals surface area contributed by atoms with Crippen LogP contribution in [0.5, 0.6) is 11.5 Å². The summed E-state index contributed by atoms with van der Waals surface area (Å²) < 4.78 is 61.5. The summed E-state index contributed by atoms with van der Waals surface area (Å²) in [5.41, 5.74) is 7.96. The van der Waals surface area contributed by atoms with Crippen LogP contribution in [0.3, 0.4) is 0 Å². The Morgan fingerprint density at radius 1 is 1.06 bits per heavy atom. The number of sulfonamides is 1. The van der Waals surface area contributed by atoms with Crippen LogP contribution in [-0.4, -0.2) is 18.4 Å². The predicted octanol–water partition coefficient (Wildman–Crippen LogP) is 5.31. The molecule has 0 bridgehead atoms. The highest BCUT2D eigenvalue weighted by atomic mass is 35.5. The van der Waals surface area contributed by atoms with Gasteiger partial charge in [-0.2, -0.15) is 0 Å². The van der Waals surface area contributed by atoms with Crippen LogP contribution >= 0.6 is 22.9 Å². The molecular weight excluding hydrogens is 482 g/mol. The fraction of sp³-hybridized carbons (Fsp3) is 0. The number of thiazole rings is 1. The first-order chi connectivity index (χ1) is 15.2. The molecule has 0 atom stereocenters. The molecule has 4 rings (SSSR count). The van der Waals surface area contributed by atoms with Gasteiger partial charge in [0.25, 0.3) is 10.0 Å². The van der Waals surface area contributed by atoms with E-state index in [9.17, 15) is 17.2 Å². The molecule has 2 aromatic heterocycles. The van der Waals surface area contributed by atoms with Gasteiger partial charge in [0.15, 0.2) is 5.82 Å². The van der Waals surface area contributed by atoms with Crippen molar-refractivity contribution in [2.24, 2.45) is 0 Å². The molecule has 0 aliphatic heterocycles. The van der Waals surface area contributed by atoms with Gasteiger partial charge < -0.3 is 10.5 Å². The van der Waals surface area contributed by atoms with Crippen molar-refractivity contribution in [3.05, 3.63) is 76.2 Å². The van der Waals surface area contributed by atoms with Gasteiger partial charge in [0.2, 0.25) is 0 Å². The molecule has 164 valence electrons. The monoisotopic (exact) mass is 494 g/mol. The Bertz CT molecular complexity index is 1400. The van der Waals surface area contributed by atoms with E-state index in [4.69, 9.17) is 22.1 Å². The topological polar surface area (TPSA) is 107 Å². The van der Waals surface area contributed by atoms with E-state index in [-0.39, 0.29) is 28.2 Å². The molecule has 0 unspecified atom stereocenters. The van der Waals surface area contributed by atoms with Gasteiger partial charge in [0.05, 0.1) is 10.5 Å². The van der Waals surface area contributed by atoms with E-state index < -0.39 is 26.6 Å². The van der Waals surface area contributed by atoms with Crippen LogP contribution in [0.4, 0.5) is 20.4 Å². The number of nitrogens with zero attached hydrogens (tertiary/aromatic N) is 2. The highest BCUT2D eigenvalue weighted by Gasteiger charge is 2.23. The molecule has 2 heterocycles. The lowest BCUT2D eigenvalue weighted by Gasteiger charge is -2.14. The first-order valence-corrected chi connectivity index (χ1v) is 11.6. The van der Waals surface area contributed by atoms with Gasteiger partial charge in [-0.05, 0) is 42.0 Å².